The molecule has 5 rings (SSSR count). The van der Waals surface area contributed by atoms with E-state index in [0.717, 1.165) is 37.8 Å². The minimum atomic E-state index is -4.79. The van der Waals surface area contributed by atoms with Gasteiger partial charge in [0.1, 0.15) is 32.9 Å². The van der Waals surface area contributed by atoms with Crippen molar-refractivity contribution in [1.82, 2.24) is 10.6 Å². The van der Waals surface area contributed by atoms with Crippen LogP contribution in [0.5, 0.6) is 0 Å². The van der Waals surface area contributed by atoms with Crippen molar-refractivity contribution >= 4 is 59.4 Å². The van der Waals surface area contributed by atoms with Crippen LogP contribution in [0.3, 0.4) is 0 Å². The Labute approximate surface area is 458 Å². The third-order valence-electron chi connectivity index (χ3n) is 12.3. The van der Waals surface area contributed by atoms with Gasteiger partial charge in [0.25, 0.3) is 0 Å². The molecule has 1 unspecified atom stereocenters. The molecule has 1 atom stereocenters. The Bertz CT molecular complexity index is 2600. The average Bonchev–Trinajstić information content (AvgIpc) is 3.58. The first-order chi connectivity index (χ1) is 32.0. The second-order valence-corrected chi connectivity index (χ2v) is 22.3. The van der Waals surface area contributed by atoms with Crippen LogP contribution in [0.4, 0.5) is 16.2 Å². The van der Waals surface area contributed by atoms with Gasteiger partial charge in [0, 0.05) is 72.7 Å². The summed E-state index contributed by atoms with van der Waals surface area (Å²) in [7, 11) is -14.1. The number of carbonyl (C=O) groups excluding carboxylic acids is 2. The smallest absolute Gasteiger partial charge is 0.748 e. The molecule has 0 saturated heterocycles. The molecule has 18 nitrogen and oxygen atoms in total. The Kier molecular flexibility index (Phi) is 24.5. The fraction of sp³-hybridized carbons (Fsp3) is 0.553. The first kappa shape index (κ1) is 61.8. The molecule has 70 heavy (non-hydrogen) atoms. The predicted molar refractivity (Wildman–Crippen MR) is 252 cm³/mol. The molecule has 376 valence electrons. The number of benzene rings is 2. The molecule has 2 aliphatic heterocycles. The standard InChI is InChI=1S/C47H66N4O14S3.2Na/c1-46(2)38-33-36(67(57,58)59)20-22-40(38)50(26-12-8-11-19-44(52)48-24-28-63-30-31-64-29-25-49-45(53)65-35-15-9-6-5-7-10-16-35)42(46)17-13-18-43-47(3,4)39-34-37(68(60,61)62)21-23-41(39)51(43)27-14-32-66(54,55)56;;/h5-6,13,17-18,20-23,33-35H,7-12,14-16,19,24-32H2,1-4H3,(H4-,48,49,52,53,54,55,56,57,58,59,60,61,62);;/q;2*+1/p-2/b6-5-;;. The van der Waals surface area contributed by atoms with Gasteiger partial charge in [0.15, 0.2) is 5.71 Å². The van der Waals surface area contributed by atoms with Gasteiger partial charge in [-0.15, -0.1) is 0 Å². The maximum Gasteiger partial charge on any atom is 1.00 e. The second-order valence-electron chi connectivity index (χ2n) is 18.1. The number of nitrogens with one attached hydrogen (secondary N) is 2. The van der Waals surface area contributed by atoms with Gasteiger partial charge in [-0.1, -0.05) is 38.5 Å². The van der Waals surface area contributed by atoms with E-state index >= 15 is 0 Å². The summed E-state index contributed by atoms with van der Waals surface area (Å²) in [5, 5.41) is 5.57. The van der Waals surface area contributed by atoms with Gasteiger partial charge >= 0.3 is 65.2 Å². The minimum Gasteiger partial charge on any atom is -0.748 e. The third kappa shape index (κ3) is 17.9. The molecular weight excluding hydrogens is 987 g/mol. The molecular formula is C47H64N4Na2O14S3. The summed E-state index contributed by atoms with van der Waals surface area (Å²) in [6, 6.07) is 8.29. The predicted octanol–water partition coefficient (Wildman–Crippen LogP) is -0.623. The normalized spacial score (nSPS) is 18.6. The Morgan fingerprint density at radius 1 is 0.771 bits per heavy atom. The first-order valence-electron chi connectivity index (χ1n) is 23.0. The van der Waals surface area contributed by atoms with Gasteiger partial charge in [-0.25, -0.2) is 30.0 Å². The number of ether oxygens (including phenoxy) is 3. The van der Waals surface area contributed by atoms with Crippen LogP contribution in [0.15, 0.2) is 82.3 Å². The molecule has 2 heterocycles. The van der Waals surface area contributed by atoms with Gasteiger partial charge in [0.2, 0.25) is 11.6 Å². The molecule has 2 aromatic rings. The van der Waals surface area contributed by atoms with E-state index in [0.29, 0.717) is 100.0 Å². The van der Waals surface area contributed by atoms with Crippen molar-refractivity contribution in [1.29, 1.82) is 0 Å². The van der Waals surface area contributed by atoms with Crippen molar-refractivity contribution in [2.75, 3.05) is 63.3 Å². The number of nitrogens with zero attached hydrogens (tertiary/aromatic N) is 2. The van der Waals surface area contributed by atoms with Crippen LogP contribution in [0, 0.1) is 0 Å². The summed E-state index contributed by atoms with van der Waals surface area (Å²) in [6.07, 6.45) is 16.0. The number of allylic oxidation sites excluding steroid dienone is 6. The number of hydrogen-bond donors (Lipinski definition) is 2. The van der Waals surface area contributed by atoms with Crippen molar-refractivity contribution in [2.24, 2.45) is 0 Å². The third-order valence-corrected chi connectivity index (χ3v) is 14.8. The van der Waals surface area contributed by atoms with Gasteiger partial charge in [-0.05, 0) is 101 Å². The van der Waals surface area contributed by atoms with E-state index in [1.165, 1.54) is 30.3 Å². The fourth-order valence-corrected chi connectivity index (χ4v) is 10.3. The molecule has 0 radical (unpaired) electrons. The Morgan fingerprint density at radius 2 is 1.40 bits per heavy atom. The maximum absolute atomic E-state index is 12.6. The van der Waals surface area contributed by atoms with Crippen molar-refractivity contribution in [3.63, 3.8) is 0 Å². The van der Waals surface area contributed by atoms with Crippen LogP contribution >= 0.6 is 0 Å². The number of anilines is 1. The summed E-state index contributed by atoms with van der Waals surface area (Å²) >= 11 is 0. The number of fused-ring (bicyclic) bond motifs is 2. The van der Waals surface area contributed by atoms with E-state index in [4.69, 9.17) is 14.2 Å². The number of amides is 2. The molecule has 0 spiro atoms. The van der Waals surface area contributed by atoms with Crippen molar-refractivity contribution in [2.45, 2.75) is 119 Å². The topological polar surface area (TPSA) is 264 Å². The summed E-state index contributed by atoms with van der Waals surface area (Å²) in [5.41, 5.74) is 2.19. The molecule has 0 saturated carbocycles. The van der Waals surface area contributed by atoms with E-state index in [9.17, 15) is 48.5 Å². The maximum atomic E-state index is 12.6. The van der Waals surface area contributed by atoms with Crippen LogP contribution < -0.4 is 74.6 Å². The van der Waals surface area contributed by atoms with Gasteiger partial charge < -0.3 is 43.4 Å². The molecule has 23 heteroatoms. The van der Waals surface area contributed by atoms with Crippen LogP contribution in [-0.4, -0.2) is 126 Å². The molecule has 2 aromatic carbocycles. The minimum absolute atomic E-state index is 0. The van der Waals surface area contributed by atoms with E-state index in [1.54, 1.807) is 22.8 Å². The zero-order valence-corrected chi connectivity index (χ0v) is 47.6. The molecule has 2 amide bonds. The molecule has 0 bridgehead atoms. The molecule has 1 aliphatic carbocycles. The quantitative estimate of drug-likeness (QED) is 0.0437. The summed E-state index contributed by atoms with van der Waals surface area (Å²) < 4.78 is 125. The van der Waals surface area contributed by atoms with Crippen molar-refractivity contribution in [3.05, 3.63) is 83.6 Å². The molecule has 0 fully saturated rings. The Hall–Kier alpha value is -2.48. The van der Waals surface area contributed by atoms with E-state index in [1.807, 2.05) is 38.7 Å². The number of hydrogen-bond acceptors (Lipinski definition) is 15. The average molecular weight is 1050 g/mol. The van der Waals surface area contributed by atoms with E-state index in [2.05, 4.69) is 22.8 Å². The zero-order chi connectivity index (χ0) is 49.8. The summed E-state index contributed by atoms with van der Waals surface area (Å²) in [5.74, 6) is -0.736. The van der Waals surface area contributed by atoms with E-state index in [-0.39, 0.29) is 89.0 Å². The molecule has 0 aromatic heterocycles. The first-order valence-corrected chi connectivity index (χ1v) is 27.4. The molecule has 2 N–H and O–H groups in total. The van der Waals surface area contributed by atoms with Crippen LogP contribution in [0.2, 0.25) is 0 Å². The van der Waals surface area contributed by atoms with Crippen LogP contribution in [0.25, 0.3) is 0 Å². The number of alkyl carbamates (subject to hydrolysis) is 1. The van der Waals surface area contributed by atoms with Gasteiger partial charge in [0.05, 0.1) is 51.8 Å². The van der Waals surface area contributed by atoms with Crippen molar-refractivity contribution in [3.8, 4) is 0 Å². The van der Waals surface area contributed by atoms with Crippen LogP contribution in [0.1, 0.15) is 103 Å². The largest absolute Gasteiger partial charge is 1.00 e. The monoisotopic (exact) mass is 1050 g/mol. The summed E-state index contributed by atoms with van der Waals surface area (Å²) in [4.78, 5) is 26.0. The Balaban J connectivity index is 0.00000648. The second kappa shape index (κ2) is 27.7. The number of rotatable bonds is 24. The number of carbonyl (C=O) groups is 2. The van der Waals surface area contributed by atoms with Crippen molar-refractivity contribution < 1.29 is 126 Å². The van der Waals surface area contributed by atoms with E-state index < -0.39 is 57.9 Å². The van der Waals surface area contributed by atoms with Crippen LogP contribution in [-0.2, 0) is 60.2 Å². The van der Waals surface area contributed by atoms with Gasteiger partial charge in [-0.2, -0.15) is 4.58 Å². The SMILES string of the molecule is CC1(C)C(/C=C/C=C2/N(CCCCCC(=O)NCCOCCOCCNC(=O)OC3CC/C=C\CCC3)c3ccc(S(=O)(=O)[O-])cc3C2(C)C)=[N+](CCCS(=O)(=O)[O-])c2ccc(S(=O)(=O)[O-])cc21.[Na+].[Na+]. The molecule has 3 aliphatic rings. The number of unbranched alkanes of at least 4 members (excludes halogenated alkanes) is 2. The zero-order valence-electron chi connectivity index (χ0n) is 41.2. The van der Waals surface area contributed by atoms with Gasteiger partial charge in [-0.3, -0.25) is 4.79 Å². The summed E-state index contributed by atoms with van der Waals surface area (Å²) in [6.45, 7) is 10.0. The Morgan fingerprint density at radius 3 is 2.06 bits per heavy atom. The fourth-order valence-electron chi connectivity index (χ4n) is 8.80.